The number of anilines is 4. The van der Waals surface area contributed by atoms with Crippen molar-refractivity contribution in [2.45, 2.75) is 25.3 Å². The molecule has 0 aliphatic heterocycles. The summed E-state index contributed by atoms with van der Waals surface area (Å²) < 4.78 is 27.9. The van der Waals surface area contributed by atoms with Crippen LogP contribution in [0.3, 0.4) is 0 Å². The number of nitriles is 1. The first-order valence-electron chi connectivity index (χ1n) is 9.05. The maximum atomic E-state index is 11.8. The minimum Gasteiger partial charge on any atom is -0.380 e. The first kappa shape index (κ1) is 21.8. The van der Waals surface area contributed by atoms with Crippen LogP contribution < -0.4 is 25.9 Å². The van der Waals surface area contributed by atoms with E-state index < -0.39 is 28.4 Å². The molecule has 1 aromatic carbocycles. The lowest BCUT2D eigenvalue weighted by Gasteiger charge is -2.14. The molecule has 0 unspecified atom stereocenters. The summed E-state index contributed by atoms with van der Waals surface area (Å²) >= 11 is 0. The number of benzene rings is 1. The van der Waals surface area contributed by atoms with Crippen LogP contribution in [0, 0.1) is 11.3 Å². The van der Waals surface area contributed by atoms with Gasteiger partial charge in [0.05, 0.1) is 23.6 Å². The van der Waals surface area contributed by atoms with E-state index in [0.29, 0.717) is 11.5 Å². The van der Waals surface area contributed by atoms with Crippen LogP contribution in [-0.4, -0.2) is 42.5 Å². The average Bonchev–Trinajstić information content (AvgIpc) is 3.47. The summed E-state index contributed by atoms with van der Waals surface area (Å²) in [6.07, 6.45) is 3.64. The van der Waals surface area contributed by atoms with Gasteiger partial charge in [-0.3, -0.25) is 9.59 Å². The van der Waals surface area contributed by atoms with Crippen molar-refractivity contribution in [3.63, 3.8) is 0 Å². The molecule has 0 radical (unpaired) electrons. The third-order valence-electron chi connectivity index (χ3n) is 3.96. The number of nitrogens with two attached hydrogens (primary N) is 1. The Morgan fingerprint density at radius 1 is 1.35 bits per heavy atom. The van der Waals surface area contributed by atoms with Crippen LogP contribution in [0.1, 0.15) is 29.6 Å². The van der Waals surface area contributed by atoms with Gasteiger partial charge in [-0.05, 0) is 31.0 Å². The molecule has 1 aromatic heterocycles. The van der Waals surface area contributed by atoms with E-state index >= 15 is 0 Å². The monoisotopic (exact) mass is 445 g/mol. The lowest BCUT2D eigenvalue weighted by molar-refractivity contribution is -0.115. The maximum absolute atomic E-state index is 11.8. The fourth-order valence-electron chi connectivity index (χ4n) is 2.49. The average molecular weight is 445 g/mol. The van der Waals surface area contributed by atoms with E-state index in [2.05, 4.69) is 25.9 Å². The number of nitrogens with zero attached hydrogens (tertiary/aromatic N) is 3. The fourth-order valence-corrected chi connectivity index (χ4v) is 2.96. The third kappa shape index (κ3) is 6.28. The molecule has 0 saturated heterocycles. The second-order valence-electron chi connectivity index (χ2n) is 6.75. The molecule has 1 saturated carbocycles. The molecular weight excluding hydrogens is 426 g/mol. The Balaban J connectivity index is 1.89. The number of carbonyl (C=O) groups excluding carboxylic acids is 2. The second-order valence-corrected chi connectivity index (χ2v) is 8.32. The maximum Gasteiger partial charge on any atom is 0.306 e. The summed E-state index contributed by atoms with van der Waals surface area (Å²) in [5, 5.41) is 17.1. The zero-order chi connectivity index (χ0) is 22.6. The molecule has 0 bridgehead atoms. The van der Waals surface area contributed by atoms with E-state index in [4.69, 9.17) is 15.2 Å². The molecule has 162 valence electrons. The molecular formula is C18H19N7O5S. The van der Waals surface area contributed by atoms with Crippen LogP contribution in [-0.2, 0) is 14.9 Å². The number of aromatic nitrogens is 2. The molecule has 13 heteroatoms. The van der Waals surface area contributed by atoms with Gasteiger partial charge in [0.2, 0.25) is 11.9 Å². The Bertz CT molecular complexity index is 1170. The molecule has 0 spiro atoms. The van der Waals surface area contributed by atoms with E-state index in [9.17, 15) is 18.0 Å². The quantitative estimate of drug-likeness (QED) is 0.406. The Kier molecular flexibility index (Phi) is 6.21. The predicted molar refractivity (Wildman–Crippen MR) is 111 cm³/mol. The largest absolute Gasteiger partial charge is 0.380 e. The van der Waals surface area contributed by atoms with Crippen molar-refractivity contribution >= 4 is 45.1 Å². The highest BCUT2D eigenvalue weighted by atomic mass is 32.2. The van der Waals surface area contributed by atoms with Gasteiger partial charge in [-0.1, -0.05) is 0 Å². The zero-order valence-electron chi connectivity index (χ0n) is 16.4. The van der Waals surface area contributed by atoms with Crippen molar-refractivity contribution in [2.24, 2.45) is 5.73 Å². The SMILES string of the molecule is CS(=O)(=O)Oc1ccc(Nc2ncc(C(N)=O)c(NC3CC3)n2)cc1NC(=O)CC#N. The van der Waals surface area contributed by atoms with Crippen molar-refractivity contribution in [3.05, 3.63) is 30.0 Å². The molecule has 1 fully saturated rings. The first-order chi connectivity index (χ1) is 14.6. The number of carbonyl (C=O) groups is 2. The molecule has 1 aliphatic carbocycles. The van der Waals surface area contributed by atoms with Gasteiger partial charge in [-0.15, -0.1) is 0 Å². The topological polar surface area (TPSA) is 189 Å². The molecule has 1 aliphatic rings. The van der Waals surface area contributed by atoms with Gasteiger partial charge < -0.3 is 25.9 Å². The van der Waals surface area contributed by atoms with Gasteiger partial charge in [0, 0.05) is 17.9 Å². The van der Waals surface area contributed by atoms with Gasteiger partial charge in [0.15, 0.2) is 5.75 Å². The lowest BCUT2D eigenvalue weighted by Crippen LogP contribution is -2.17. The van der Waals surface area contributed by atoms with Crippen LogP contribution in [0.15, 0.2) is 24.4 Å². The summed E-state index contributed by atoms with van der Waals surface area (Å²) in [4.78, 5) is 31.8. The number of nitrogens with one attached hydrogen (secondary N) is 3. The van der Waals surface area contributed by atoms with Crippen molar-refractivity contribution in [3.8, 4) is 11.8 Å². The molecule has 0 atom stereocenters. The van der Waals surface area contributed by atoms with E-state index in [-0.39, 0.29) is 29.0 Å². The standard InChI is InChI=1S/C18H19N7O5S/c1-31(28,29)30-14-5-4-11(8-13(14)24-15(26)6-7-19)23-18-21-9-12(16(20)27)17(25-18)22-10-2-3-10/h4-5,8-10H,2-3,6H2,1H3,(H2,20,27)(H,24,26)(H2,21,22,23,25). The highest BCUT2D eigenvalue weighted by Crippen LogP contribution is 2.31. The summed E-state index contributed by atoms with van der Waals surface area (Å²) in [6, 6.07) is 6.13. The second kappa shape index (κ2) is 8.84. The van der Waals surface area contributed by atoms with E-state index in [0.717, 1.165) is 19.1 Å². The molecule has 5 N–H and O–H groups in total. The van der Waals surface area contributed by atoms with E-state index in [1.807, 2.05) is 0 Å². The van der Waals surface area contributed by atoms with Crippen LogP contribution in [0.4, 0.5) is 23.1 Å². The smallest absolute Gasteiger partial charge is 0.306 e. The molecule has 3 rings (SSSR count). The number of primary amides is 1. The highest BCUT2D eigenvalue weighted by Gasteiger charge is 2.24. The zero-order valence-corrected chi connectivity index (χ0v) is 17.2. The van der Waals surface area contributed by atoms with Gasteiger partial charge in [-0.2, -0.15) is 18.7 Å². The number of hydrogen-bond acceptors (Lipinski definition) is 10. The van der Waals surface area contributed by atoms with Crippen molar-refractivity contribution in [2.75, 3.05) is 22.2 Å². The summed E-state index contributed by atoms with van der Waals surface area (Å²) in [6.45, 7) is 0. The van der Waals surface area contributed by atoms with Crippen LogP contribution in [0.5, 0.6) is 5.75 Å². The third-order valence-corrected chi connectivity index (χ3v) is 4.45. The first-order valence-corrected chi connectivity index (χ1v) is 10.9. The minimum atomic E-state index is -3.86. The number of rotatable bonds is 9. The van der Waals surface area contributed by atoms with Crippen LogP contribution >= 0.6 is 0 Å². The lowest BCUT2D eigenvalue weighted by atomic mass is 10.2. The van der Waals surface area contributed by atoms with Crippen molar-refractivity contribution in [1.82, 2.24) is 9.97 Å². The molecule has 31 heavy (non-hydrogen) atoms. The normalized spacial score (nSPS) is 13.0. The predicted octanol–water partition coefficient (Wildman–Crippen LogP) is 1.08. The Labute approximate surface area is 177 Å². The molecule has 2 amide bonds. The van der Waals surface area contributed by atoms with Crippen LogP contribution in [0.25, 0.3) is 0 Å². The molecule has 1 heterocycles. The fraction of sp³-hybridized carbons (Fsp3) is 0.278. The van der Waals surface area contributed by atoms with Gasteiger partial charge in [0.1, 0.15) is 12.2 Å². The number of amides is 2. The van der Waals surface area contributed by atoms with Crippen molar-refractivity contribution in [1.29, 1.82) is 5.26 Å². The van der Waals surface area contributed by atoms with E-state index in [1.165, 1.54) is 24.4 Å². The van der Waals surface area contributed by atoms with Gasteiger partial charge in [0.25, 0.3) is 5.91 Å². The Morgan fingerprint density at radius 3 is 2.71 bits per heavy atom. The van der Waals surface area contributed by atoms with Gasteiger partial charge >= 0.3 is 10.1 Å². The van der Waals surface area contributed by atoms with Crippen LogP contribution in [0.2, 0.25) is 0 Å². The number of hydrogen-bond donors (Lipinski definition) is 4. The Hall–Kier alpha value is -3.92. The summed E-state index contributed by atoms with van der Waals surface area (Å²) in [5.74, 6) is -0.998. The van der Waals surface area contributed by atoms with Crippen molar-refractivity contribution < 1.29 is 22.2 Å². The summed E-state index contributed by atoms with van der Waals surface area (Å²) in [5.41, 5.74) is 5.93. The van der Waals surface area contributed by atoms with E-state index in [1.54, 1.807) is 6.07 Å². The molecule has 12 nitrogen and oxygen atoms in total. The minimum absolute atomic E-state index is 0.0285. The Morgan fingerprint density at radius 2 is 2.10 bits per heavy atom. The summed E-state index contributed by atoms with van der Waals surface area (Å²) in [7, 11) is -3.86. The highest BCUT2D eigenvalue weighted by molar-refractivity contribution is 7.86. The van der Waals surface area contributed by atoms with Gasteiger partial charge in [-0.25, -0.2) is 4.98 Å². The molecule has 2 aromatic rings.